The molecular weight excluding hydrogens is 825 g/mol. The molecule has 0 N–H and O–H groups in total. The summed E-state index contributed by atoms with van der Waals surface area (Å²) in [5.74, 6) is 0. The molecule has 0 heterocycles. The van der Waals surface area contributed by atoms with E-state index in [1.165, 1.54) is 130 Å². The summed E-state index contributed by atoms with van der Waals surface area (Å²) in [4.78, 5) is 0. The first-order chi connectivity index (χ1) is 32.1. The van der Waals surface area contributed by atoms with Gasteiger partial charge in [0.25, 0.3) is 0 Å². The average Bonchev–Trinajstić information content (AvgIpc) is 3.33. The van der Waals surface area contributed by atoms with Gasteiger partial charge in [-0.2, -0.15) is 0 Å². The monoisotopic (exact) mass is 876 g/mol. The molecule has 12 aromatic rings. The van der Waals surface area contributed by atoms with Crippen molar-refractivity contribution in [2.75, 3.05) is 0 Å². The Bertz CT molecular complexity index is 3580. The van der Waals surface area contributed by atoms with Gasteiger partial charge < -0.3 is 0 Å². The summed E-state index contributed by atoms with van der Waals surface area (Å²) in [6.07, 6.45) is 0. The van der Waals surface area contributed by atoms with Crippen molar-refractivity contribution >= 4 is 102 Å². The van der Waals surface area contributed by atoms with E-state index in [1.54, 1.807) is 0 Å². The zero-order valence-electron chi connectivity index (χ0n) is 38.6. The van der Waals surface area contributed by atoms with Crippen LogP contribution in [-0.2, 0) is 0 Å². The first kappa shape index (κ1) is 40.4. The maximum absolute atomic E-state index is 2.46. The van der Waals surface area contributed by atoms with E-state index in [0.29, 0.717) is 0 Å². The van der Waals surface area contributed by atoms with Gasteiger partial charge in [0.2, 0.25) is 0 Å². The third-order valence-electron chi connectivity index (χ3n) is 14.3. The maximum atomic E-state index is 2.46. The van der Waals surface area contributed by atoms with Crippen LogP contribution < -0.4 is 10.4 Å². The quantitative estimate of drug-likeness (QED) is 0.115. The fraction of sp³-hybridized carbons (Fsp3) is 0.0938. The van der Waals surface area contributed by atoms with Gasteiger partial charge in [-0.15, -0.1) is 0 Å². The van der Waals surface area contributed by atoms with E-state index in [-0.39, 0.29) is 0 Å². The zero-order chi connectivity index (χ0) is 44.9. The Hall–Kier alpha value is -7.11. The van der Waals surface area contributed by atoms with E-state index < -0.39 is 16.1 Å². The third kappa shape index (κ3) is 6.23. The average molecular weight is 877 g/mol. The molecule has 0 saturated carbocycles. The predicted octanol–water partition coefficient (Wildman–Crippen LogP) is 17.5. The van der Waals surface area contributed by atoms with E-state index in [2.05, 4.69) is 246 Å². The van der Waals surface area contributed by atoms with Gasteiger partial charge in [0, 0.05) is 0 Å². The Morgan fingerprint density at radius 3 is 0.561 bits per heavy atom. The SMILES string of the molecule is C[Si](C)(C)c1ccc(-c2c3ccccc3c(-c3ccc(-c4c5ccccc5c(-c5ccc([Si](C)(C)C)c6ccccc56)c5ccccc45)c4ccccc34)c3ccccc23)c2ccccc12. The van der Waals surface area contributed by atoms with Gasteiger partial charge in [-0.3, -0.25) is 0 Å². The fourth-order valence-corrected chi connectivity index (χ4v) is 14.7. The molecule has 0 amide bonds. The highest BCUT2D eigenvalue weighted by Gasteiger charge is 2.26. The fourth-order valence-electron chi connectivity index (χ4n) is 11.5. The molecule has 0 nitrogen and oxygen atoms in total. The predicted molar refractivity (Wildman–Crippen MR) is 297 cm³/mol. The third-order valence-corrected chi connectivity index (χ3v) is 18.4. The van der Waals surface area contributed by atoms with Gasteiger partial charge in [-0.25, -0.2) is 0 Å². The minimum absolute atomic E-state index is 1.26. The van der Waals surface area contributed by atoms with Crippen molar-refractivity contribution in [2.24, 2.45) is 0 Å². The van der Waals surface area contributed by atoms with Crippen LogP contribution in [0, 0.1) is 0 Å². The summed E-state index contributed by atoms with van der Waals surface area (Å²) in [5.41, 5.74) is 10.3. The van der Waals surface area contributed by atoms with Crippen molar-refractivity contribution in [1.82, 2.24) is 0 Å². The minimum Gasteiger partial charge on any atom is -0.0656 e. The number of benzene rings is 12. The van der Waals surface area contributed by atoms with Crippen LogP contribution in [0.4, 0.5) is 0 Å². The molecule has 0 bridgehead atoms. The Balaban J connectivity index is 1.13. The van der Waals surface area contributed by atoms with Gasteiger partial charge in [0.05, 0.1) is 16.1 Å². The van der Waals surface area contributed by atoms with E-state index in [9.17, 15) is 0 Å². The summed E-state index contributed by atoms with van der Waals surface area (Å²) >= 11 is 0. The Kier molecular flexibility index (Phi) is 9.33. The van der Waals surface area contributed by atoms with Crippen molar-refractivity contribution in [2.45, 2.75) is 39.3 Å². The van der Waals surface area contributed by atoms with Crippen molar-refractivity contribution in [3.63, 3.8) is 0 Å². The van der Waals surface area contributed by atoms with E-state index >= 15 is 0 Å². The number of fused-ring (bicyclic) bond motifs is 7. The molecule has 0 aliphatic heterocycles. The summed E-state index contributed by atoms with van der Waals surface area (Å²) in [7, 11) is -3.21. The highest BCUT2D eigenvalue weighted by atomic mass is 28.3. The Labute approximate surface area is 389 Å². The van der Waals surface area contributed by atoms with Gasteiger partial charge in [0.1, 0.15) is 0 Å². The molecule has 66 heavy (non-hydrogen) atoms. The molecule has 0 unspecified atom stereocenters. The molecular formula is C64H52Si2. The minimum atomic E-state index is -1.60. The topological polar surface area (TPSA) is 0 Å². The molecule has 2 heteroatoms. The van der Waals surface area contributed by atoms with Crippen LogP contribution in [0.5, 0.6) is 0 Å². The van der Waals surface area contributed by atoms with Crippen LogP contribution in [-0.4, -0.2) is 16.1 Å². The molecule has 0 atom stereocenters. The van der Waals surface area contributed by atoms with Crippen LogP contribution in [0.15, 0.2) is 206 Å². The number of hydrogen-bond acceptors (Lipinski definition) is 0. The van der Waals surface area contributed by atoms with E-state index in [4.69, 9.17) is 0 Å². The van der Waals surface area contributed by atoms with Gasteiger partial charge in [-0.1, -0.05) is 256 Å². The first-order valence-corrected chi connectivity index (χ1v) is 30.5. The summed E-state index contributed by atoms with van der Waals surface area (Å²) in [6, 6.07) is 78.4. The van der Waals surface area contributed by atoms with Crippen LogP contribution >= 0.6 is 0 Å². The summed E-state index contributed by atoms with van der Waals surface area (Å²) in [6.45, 7) is 14.7. The molecule has 0 aromatic heterocycles. The summed E-state index contributed by atoms with van der Waals surface area (Å²) in [5, 5.41) is 21.2. The number of hydrogen-bond donors (Lipinski definition) is 0. The molecule has 0 aliphatic rings. The van der Waals surface area contributed by atoms with Gasteiger partial charge in [-0.05, 0) is 120 Å². The van der Waals surface area contributed by atoms with Crippen molar-refractivity contribution in [1.29, 1.82) is 0 Å². The highest BCUT2D eigenvalue weighted by Crippen LogP contribution is 2.50. The van der Waals surface area contributed by atoms with Crippen LogP contribution in [0.25, 0.3) is 120 Å². The maximum Gasteiger partial charge on any atom is 0.0784 e. The molecule has 0 radical (unpaired) electrons. The Morgan fingerprint density at radius 2 is 0.348 bits per heavy atom. The second kappa shape index (κ2) is 15.2. The lowest BCUT2D eigenvalue weighted by Gasteiger charge is -2.24. The largest absolute Gasteiger partial charge is 0.0784 e. The Morgan fingerprint density at radius 1 is 0.182 bits per heavy atom. The van der Waals surface area contributed by atoms with Gasteiger partial charge in [0.15, 0.2) is 0 Å². The van der Waals surface area contributed by atoms with E-state index in [1.807, 2.05) is 0 Å². The van der Waals surface area contributed by atoms with Crippen molar-refractivity contribution in [3.8, 4) is 44.5 Å². The van der Waals surface area contributed by atoms with Crippen LogP contribution in [0.3, 0.4) is 0 Å². The van der Waals surface area contributed by atoms with Gasteiger partial charge >= 0.3 is 0 Å². The van der Waals surface area contributed by atoms with Crippen molar-refractivity contribution in [3.05, 3.63) is 206 Å². The molecule has 316 valence electrons. The molecule has 12 aromatic carbocycles. The second-order valence-electron chi connectivity index (χ2n) is 20.3. The molecule has 12 rings (SSSR count). The highest BCUT2D eigenvalue weighted by molar-refractivity contribution is 6.91. The second-order valence-corrected chi connectivity index (χ2v) is 30.4. The van der Waals surface area contributed by atoms with Crippen LogP contribution in [0.1, 0.15) is 0 Å². The lowest BCUT2D eigenvalue weighted by atomic mass is 9.81. The smallest absolute Gasteiger partial charge is 0.0656 e. The normalized spacial score (nSPS) is 12.4. The summed E-state index contributed by atoms with van der Waals surface area (Å²) < 4.78 is 0. The zero-order valence-corrected chi connectivity index (χ0v) is 40.6. The first-order valence-electron chi connectivity index (χ1n) is 23.5. The number of rotatable bonds is 6. The van der Waals surface area contributed by atoms with E-state index in [0.717, 1.165) is 0 Å². The standard InChI is InChI=1S/C64H52Si2/c1-65(2,3)59-39-37-57(43-23-9-11-25-45(43)59)63-51-31-17-13-27-47(51)61(48-28-14-18-32-52(48)63)55-35-36-56(42-22-8-7-21-41(42)55)62-49-29-15-19-33-53(49)64(54-34-20-16-30-50(54)62)58-38-40-60(66(4,5)6)46-26-12-10-24-44(46)58/h7-40H,1-6H3. The molecule has 0 fully saturated rings. The van der Waals surface area contributed by atoms with Crippen LogP contribution in [0.2, 0.25) is 39.3 Å². The molecule has 0 saturated heterocycles. The lowest BCUT2D eigenvalue weighted by Crippen LogP contribution is -2.38. The lowest BCUT2D eigenvalue weighted by molar-refractivity contribution is 1.67. The molecule has 0 aliphatic carbocycles. The molecule has 0 spiro atoms. The van der Waals surface area contributed by atoms with Crippen molar-refractivity contribution < 1.29 is 0 Å².